The zero-order chi connectivity index (χ0) is 6.41. The lowest BCUT2D eigenvalue weighted by atomic mass is 10.7. The van der Waals surface area contributed by atoms with Gasteiger partial charge in [-0.25, -0.2) is 5.43 Å². The minimum atomic E-state index is 0.714. The van der Waals surface area contributed by atoms with Gasteiger partial charge in [-0.2, -0.15) is 0 Å². The Bertz CT molecular complexity index is 77.7. The van der Waals surface area contributed by atoms with E-state index in [1.165, 1.54) is 0 Å². The average Bonchev–Trinajstić information content (AvgIpc) is 2.24. The Morgan fingerprint density at radius 3 is 2.25 bits per heavy atom. The van der Waals surface area contributed by atoms with E-state index >= 15 is 0 Å². The zero-order valence-corrected chi connectivity index (χ0v) is 5.65. The van der Waals surface area contributed by atoms with Crippen molar-refractivity contribution in [3.8, 4) is 0 Å². The summed E-state index contributed by atoms with van der Waals surface area (Å²) >= 11 is 0. The Labute approximate surface area is 50.2 Å². The molecule has 0 aliphatic carbocycles. The Morgan fingerprint density at radius 1 is 1.50 bits per heavy atom. The number of hydrogen-bond donors (Lipinski definition) is 2. The second-order valence-electron chi connectivity index (χ2n) is 1.20. The number of nitrogens with one attached hydrogen (secondary N) is 2. The largest absolute Gasteiger partial charge is 0.308 e. The van der Waals surface area contributed by atoms with Gasteiger partial charge in [0.05, 0.1) is 0 Å². The van der Waals surface area contributed by atoms with Gasteiger partial charge in [-0.3, -0.25) is 4.99 Å². The highest BCUT2D eigenvalue weighted by atomic mass is 15.4. The molecule has 0 unspecified atom stereocenters. The molecule has 0 atom stereocenters. The molecule has 2 N–H and O–H groups in total. The third kappa shape index (κ3) is 2.58. The molecule has 0 aromatic rings. The van der Waals surface area contributed by atoms with Crippen molar-refractivity contribution < 1.29 is 0 Å². The number of hydrogen-bond acceptors (Lipinski definition) is 3. The molecule has 0 fully saturated rings. The molecule has 1 heterocycles. The second kappa shape index (κ2) is 4.59. The first kappa shape index (κ1) is 7.43. The minimum absolute atomic E-state index is 0.714. The number of rotatable bonds is 0. The lowest BCUT2D eigenvalue weighted by molar-refractivity contribution is 0.726. The topological polar surface area (TPSA) is 36.4 Å². The van der Waals surface area contributed by atoms with Crippen LogP contribution in [0, 0.1) is 0 Å². The first-order valence-corrected chi connectivity index (χ1v) is 2.89. The lowest BCUT2D eigenvalue weighted by Gasteiger charge is -1.87. The summed E-state index contributed by atoms with van der Waals surface area (Å²) in [5.74, 6) is 0.968. The molecule has 3 heteroatoms. The molecule has 0 saturated heterocycles. The highest BCUT2D eigenvalue weighted by molar-refractivity contribution is 5.79. The molecule has 8 heavy (non-hydrogen) atoms. The van der Waals surface area contributed by atoms with Gasteiger partial charge in [0.1, 0.15) is 12.5 Å². The van der Waals surface area contributed by atoms with Gasteiger partial charge in [-0.1, -0.05) is 13.8 Å². The van der Waals surface area contributed by atoms with E-state index in [2.05, 4.69) is 15.8 Å². The van der Waals surface area contributed by atoms with Gasteiger partial charge in [0.15, 0.2) is 0 Å². The molecule has 48 valence electrons. The normalized spacial score (nSPS) is 15.6. The maximum absolute atomic E-state index is 3.93. The molecule has 1 rings (SSSR count). The van der Waals surface area contributed by atoms with Crippen molar-refractivity contribution in [3.63, 3.8) is 0 Å². The van der Waals surface area contributed by atoms with Crippen molar-refractivity contribution in [2.24, 2.45) is 4.99 Å². The van der Waals surface area contributed by atoms with E-state index in [9.17, 15) is 0 Å². The van der Waals surface area contributed by atoms with Gasteiger partial charge < -0.3 is 5.43 Å². The van der Waals surface area contributed by atoms with Crippen LogP contribution in [-0.4, -0.2) is 12.5 Å². The van der Waals surface area contributed by atoms with Crippen molar-refractivity contribution in [1.82, 2.24) is 10.9 Å². The zero-order valence-electron chi connectivity index (χ0n) is 5.65. The molecular formula is C5H13N3. The van der Waals surface area contributed by atoms with Crippen LogP contribution in [0.3, 0.4) is 0 Å². The number of nitrogens with zero attached hydrogens (tertiary/aromatic N) is 1. The second-order valence-corrected chi connectivity index (χ2v) is 1.20. The third-order valence-electron chi connectivity index (χ3n) is 0.665. The summed E-state index contributed by atoms with van der Waals surface area (Å²) in [5.41, 5.74) is 5.64. The van der Waals surface area contributed by atoms with Crippen LogP contribution in [0.1, 0.15) is 20.8 Å². The van der Waals surface area contributed by atoms with E-state index in [0.717, 1.165) is 5.84 Å². The van der Waals surface area contributed by atoms with E-state index in [0.29, 0.717) is 6.67 Å². The third-order valence-corrected chi connectivity index (χ3v) is 0.665. The molecular weight excluding hydrogens is 102 g/mol. The van der Waals surface area contributed by atoms with Gasteiger partial charge in [-0.05, 0) is 6.92 Å². The van der Waals surface area contributed by atoms with E-state index in [1.807, 2.05) is 20.8 Å². The van der Waals surface area contributed by atoms with Gasteiger partial charge in [0.2, 0.25) is 0 Å². The Kier molecular flexibility index (Phi) is 4.26. The molecule has 0 bridgehead atoms. The fourth-order valence-corrected chi connectivity index (χ4v) is 0.365. The van der Waals surface area contributed by atoms with Crippen molar-refractivity contribution in [2.75, 3.05) is 6.67 Å². The Morgan fingerprint density at radius 2 is 2.12 bits per heavy atom. The van der Waals surface area contributed by atoms with Gasteiger partial charge in [0, 0.05) is 0 Å². The highest BCUT2D eigenvalue weighted by Crippen LogP contribution is 1.73. The number of hydrazine groups is 1. The molecule has 1 aliphatic heterocycles. The van der Waals surface area contributed by atoms with Crippen LogP contribution in [0.5, 0.6) is 0 Å². The molecule has 0 aromatic heterocycles. The van der Waals surface area contributed by atoms with Crippen LogP contribution in [-0.2, 0) is 0 Å². The summed E-state index contributed by atoms with van der Waals surface area (Å²) in [7, 11) is 0. The fourth-order valence-electron chi connectivity index (χ4n) is 0.365. The SMILES string of the molecule is CC.CC1=NCNN1. The molecule has 3 nitrogen and oxygen atoms in total. The van der Waals surface area contributed by atoms with Crippen LogP contribution in [0.15, 0.2) is 4.99 Å². The Balaban J connectivity index is 0.000000222. The molecule has 1 aliphatic rings. The molecule has 0 saturated carbocycles. The molecule has 0 amide bonds. The first-order valence-electron chi connectivity index (χ1n) is 2.89. The van der Waals surface area contributed by atoms with Crippen LogP contribution in [0.2, 0.25) is 0 Å². The monoisotopic (exact) mass is 115 g/mol. The predicted octanol–water partition coefficient (Wildman–Crippen LogP) is 0.496. The quantitative estimate of drug-likeness (QED) is 0.482. The summed E-state index contributed by atoms with van der Waals surface area (Å²) in [6.45, 7) is 6.63. The summed E-state index contributed by atoms with van der Waals surface area (Å²) in [6, 6.07) is 0. The molecule has 0 radical (unpaired) electrons. The summed E-state index contributed by atoms with van der Waals surface area (Å²) < 4.78 is 0. The van der Waals surface area contributed by atoms with Gasteiger partial charge in [-0.15, -0.1) is 0 Å². The maximum atomic E-state index is 3.93. The molecule has 0 spiro atoms. The lowest BCUT2D eigenvalue weighted by Crippen LogP contribution is -2.27. The fraction of sp³-hybridized carbons (Fsp3) is 0.800. The van der Waals surface area contributed by atoms with Gasteiger partial charge >= 0.3 is 0 Å². The van der Waals surface area contributed by atoms with Crippen LogP contribution >= 0.6 is 0 Å². The summed E-state index contributed by atoms with van der Waals surface area (Å²) in [4.78, 5) is 3.93. The maximum Gasteiger partial charge on any atom is 0.109 e. The minimum Gasteiger partial charge on any atom is -0.308 e. The molecule has 0 aromatic carbocycles. The van der Waals surface area contributed by atoms with Crippen molar-refractivity contribution in [1.29, 1.82) is 0 Å². The van der Waals surface area contributed by atoms with Crippen molar-refractivity contribution in [2.45, 2.75) is 20.8 Å². The van der Waals surface area contributed by atoms with E-state index in [1.54, 1.807) is 0 Å². The standard InChI is InChI=1S/C3H7N3.C2H6/c1-3-4-2-5-6-3;1-2/h5H,2H2,1H3,(H,4,6);1-2H3. The van der Waals surface area contributed by atoms with E-state index in [4.69, 9.17) is 0 Å². The summed E-state index contributed by atoms with van der Waals surface area (Å²) in [5, 5.41) is 0. The van der Waals surface area contributed by atoms with E-state index in [-0.39, 0.29) is 0 Å². The Hall–Kier alpha value is -0.570. The van der Waals surface area contributed by atoms with Crippen molar-refractivity contribution in [3.05, 3.63) is 0 Å². The van der Waals surface area contributed by atoms with Gasteiger partial charge in [0.25, 0.3) is 0 Å². The number of aliphatic imine (C=N–C) groups is 1. The summed E-state index contributed by atoms with van der Waals surface area (Å²) in [6.07, 6.45) is 0. The average molecular weight is 115 g/mol. The highest BCUT2D eigenvalue weighted by Gasteiger charge is 1.91. The van der Waals surface area contributed by atoms with Crippen LogP contribution < -0.4 is 10.9 Å². The number of amidine groups is 1. The van der Waals surface area contributed by atoms with Crippen molar-refractivity contribution >= 4 is 5.84 Å². The smallest absolute Gasteiger partial charge is 0.109 e. The van der Waals surface area contributed by atoms with E-state index < -0.39 is 0 Å². The van der Waals surface area contributed by atoms with Crippen LogP contribution in [0.25, 0.3) is 0 Å². The first-order chi connectivity index (χ1) is 3.89. The van der Waals surface area contributed by atoms with Crippen LogP contribution in [0.4, 0.5) is 0 Å². The predicted molar refractivity (Wildman–Crippen MR) is 35.6 cm³/mol.